The van der Waals surface area contributed by atoms with Crippen LogP contribution in [0, 0.1) is 0 Å². The molecule has 7 nitrogen and oxygen atoms in total. The van der Waals surface area contributed by atoms with Gasteiger partial charge in [-0.2, -0.15) is 4.31 Å². The number of sulfonamides is 2. The normalized spacial score (nSPS) is 23.4. The van der Waals surface area contributed by atoms with E-state index in [2.05, 4.69) is 10.0 Å². The minimum Gasteiger partial charge on any atom is -0.315 e. The van der Waals surface area contributed by atoms with Gasteiger partial charge in [0.15, 0.2) is 0 Å². The fourth-order valence-corrected chi connectivity index (χ4v) is 6.58. The fraction of sp³-hybridized carbons (Fsp3) is 0.571. The van der Waals surface area contributed by atoms with E-state index in [0.29, 0.717) is 26.1 Å². The third kappa shape index (κ3) is 3.43. The first kappa shape index (κ1) is 16.8. The molecule has 1 unspecified atom stereocenters. The zero-order chi connectivity index (χ0) is 16.5. The van der Waals surface area contributed by atoms with E-state index in [1.165, 1.54) is 16.4 Å². The van der Waals surface area contributed by atoms with Gasteiger partial charge in [-0.25, -0.2) is 21.6 Å². The number of hydrogen-bond acceptors (Lipinski definition) is 5. The van der Waals surface area contributed by atoms with Gasteiger partial charge in [-0.15, -0.1) is 0 Å². The van der Waals surface area contributed by atoms with Gasteiger partial charge < -0.3 is 5.32 Å². The van der Waals surface area contributed by atoms with Crippen LogP contribution in [0.2, 0.25) is 0 Å². The van der Waals surface area contributed by atoms with Gasteiger partial charge in [-0.1, -0.05) is 12.1 Å². The molecule has 9 heteroatoms. The van der Waals surface area contributed by atoms with E-state index in [1.54, 1.807) is 12.1 Å². The summed E-state index contributed by atoms with van der Waals surface area (Å²) in [5, 5.41) is 3.08. The maximum absolute atomic E-state index is 12.8. The smallest absolute Gasteiger partial charge is 0.244 e. The Bertz CT molecular complexity index is 765. The zero-order valence-electron chi connectivity index (χ0n) is 12.7. The van der Waals surface area contributed by atoms with Crippen molar-refractivity contribution in [3.05, 3.63) is 24.3 Å². The second-order valence-corrected chi connectivity index (χ2v) is 9.46. The summed E-state index contributed by atoms with van der Waals surface area (Å²) in [4.78, 5) is -0.306. The molecule has 2 saturated heterocycles. The Labute approximate surface area is 137 Å². The number of nitrogens with one attached hydrogen (secondary N) is 2. The molecule has 2 aliphatic heterocycles. The summed E-state index contributed by atoms with van der Waals surface area (Å²) in [6.45, 7) is 2.19. The van der Waals surface area contributed by atoms with Crippen LogP contribution in [0.15, 0.2) is 34.1 Å². The molecule has 23 heavy (non-hydrogen) atoms. The predicted molar refractivity (Wildman–Crippen MR) is 86.0 cm³/mol. The number of hydrogen-bond donors (Lipinski definition) is 2. The fourth-order valence-electron chi connectivity index (χ4n) is 2.99. The maximum Gasteiger partial charge on any atom is 0.244 e. The van der Waals surface area contributed by atoms with E-state index < -0.39 is 20.0 Å². The summed E-state index contributed by atoms with van der Waals surface area (Å²) in [6.07, 6.45) is 2.31. The van der Waals surface area contributed by atoms with Gasteiger partial charge in [0.1, 0.15) is 9.79 Å². The molecule has 128 valence electrons. The largest absolute Gasteiger partial charge is 0.315 e. The third-order valence-corrected chi connectivity index (χ3v) is 7.87. The van der Waals surface area contributed by atoms with E-state index in [1.807, 2.05) is 0 Å². The first-order valence-corrected chi connectivity index (χ1v) is 10.7. The average Bonchev–Trinajstić information content (AvgIpc) is 3.20. The van der Waals surface area contributed by atoms with Crippen LogP contribution in [0.25, 0.3) is 0 Å². The average molecular weight is 359 g/mol. The van der Waals surface area contributed by atoms with Crippen molar-refractivity contribution in [2.45, 2.75) is 35.1 Å². The van der Waals surface area contributed by atoms with Crippen LogP contribution >= 0.6 is 0 Å². The van der Waals surface area contributed by atoms with Crippen molar-refractivity contribution in [1.82, 2.24) is 14.3 Å². The lowest BCUT2D eigenvalue weighted by Gasteiger charge is -2.19. The highest BCUT2D eigenvalue weighted by Crippen LogP contribution is 2.26. The van der Waals surface area contributed by atoms with Gasteiger partial charge in [-0.3, -0.25) is 0 Å². The lowest BCUT2D eigenvalue weighted by molar-refractivity contribution is 0.474. The Morgan fingerprint density at radius 3 is 2.30 bits per heavy atom. The molecule has 0 amide bonds. The Kier molecular flexibility index (Phi) is 4.75. The summed E-state index contributed by atoms with van der Waals surface area (Å²) < 4.78 is 54.8. The Morgan fingerprint density at radius 2 is 1.70 bits per heavy atom. The third-order valence-electron chi connectivity index (χ3n) is 4.20. The molecule has 0 radical (unpaired) electrons. The van der Waals surface area contributed by atoms with Crippen LogP contribution in [0.5, 0.6) is 0 Å². The van der Waals surface area contributed by atoms with Crippen LogP contribution in [-0.4, -0.2) is 53.4 Å². The van der Waals surface area contributed by atoms with Gasteiger partial charge in [0, 0.05) is 25.7 Å². The minimum atomic E-state index is -3.88. The highest BCUT2D eigenvalue weighted by atomic mass is 32.2. The zero-order valence-corrected chi connectivity index (χ0v) is 14.4. The van der Waals surface area contributed by atoms with Crippen LogP contribution in [0.3, 0.4) is 0 Å². The standard InChI is InChI=1S/C14H21N3O4S2/c18-22(19,16-12-7-8-15-11-12)13-5-1-2-6-14(13)23(20,21)17-9-3-4-10-17/h1-2,5-6,12,15-16H,3-4,7-11H2. The minimum absolute atomic E-state index is 0.139. The van der Waals surface area contributed by atoms with E-state index in [4.69, 9.17) is 0 Å². The molecular formula is C14H21N3O4S2. The molecule has 0 bridgehead atoms. The van der Waals surface area contributed by atoms with Crippen molar-refractivity contribution >= 4 is 20.0 Å². The lowest BCUT2D eigenvalue weighted by Crippen LogP contribution is -2.37. The number of rotatable bonds is 5. The van der Waals surface area contributed by atoms with Gasteiger partial charge in [-0.05, 0) is 37.9 Å². The van der Waals surface area contributed by atoms with E-state index in [-0.39, 0.29) is 15.8 Å². The van der Waals surface area contributed by atoms with Crippen molar-refractivity contribution in [3.63, 3.8) is 0 Å². The molecule has 1 atom stereocenters. The van der Waals surface area contributed by atoms with Crippen molar-refractivity contribution in [2.24, 2.45) is 0 Å². The second-order valence-electron chi connectivity index (χ2n) is 5.87. The Hall–Kier alpha value is -1.00. The topological polar surface area (TPSA) is 95.6 Å². The Morgan fingerprint density at radius 1 is 1.04 bits per heavy atom. The predicted octanol–water partition coefficient (Wildman–Crippen LogP) is 0.111. The molecule has 1 aromatic rings. The molecule has 2 heterocycles. The van der Waals surface area contributed by atoms with Crippen LogP contribution < -0.4 is 10.0 Å². The van der Waals surface area contributed by atoms with Crippen molar-refractivity contribution < 1.29 is 16.8 Å². The van der Waals surface area contributed by atoms with Crippen molar-refractivity contribution in [3.8, 4) is 0 Å². The van der Waals surface area contributed by atoms with Gasteiger partial charge >= 0.3 is 0 Å². The number of benzene rings is 1. The van der Waals surface area contributed by atoms with E-state index in [0.717, 1.165) is 19.4 Å². The SMILES string of the molecule is O=S(=O)(NC1CCNC1)c1ccccc1S(=O)(=O)N1CCCC1. The number of nitrogens with zero attached hydrogens (tertiary/aromatic N) is 1. The monoisotopic (exact) mass is 359 g/mol. The summed E-state index contributed by atoms with van der Waals surface area (Å²) in [6, 6.07) is 5.62. The van der Waals surface area contributed by atoms with Gasteiger partial charge in [0.05, 0.1) is 0 Å². The van der Waals surface area contributed by atoms with Gasteiger partial charge in [0.2, 0.25) is 20.0 Å². The van der Waals surface area contributed by atoms with Crippen molar-refractivity contribution in [2.75, 3.05) is 26.2 Å². The lowest BCUT2D eigenvalue weighted by atomic mass is 10.3. The molecule has 0 aromatic heterocycles. The highest BCUT2D eigenvalue weighted by molar-refractivity contribution is 7.92. The molecule has 2 fully saturated rings. The molecule has 0 aliphatic carbocycles. The maximum atomic E-state index is 12.8. The first-order chi connectivity index (χ1) is 10.9. The quantitative estimate of drug-likeness (QED) is 0.778. The van der Waals surface area contributed by atoms with Crippen LogP contribution in [0.1, 0.15) is 19.3 Å². The van der Waals surface area contributed by atoms with Gasteiger partial charge in [0.25, 0.3) is 0 Å². The summed E-state index contributed by atoms with van der Waals surface area (Å²) in [5.74, 6) is 0. The second kappa shape index (κ2) is 6.48. The summed E-state index contributed by atoms with van der Waals surface area (Å²) in [5.41, 5.74) is 0. The van der Waals surface area contributed by atoms with E-state index in [9.17, 15) is 16.8 Å². The highest BCUT2D eigenvalue weighted by Gasteiger charge is 2.33. The van der Waals surface area contributed by atoms with E-state index >= 15 is 0 Å². The summed E-state index contributed by atoms with van der Waals surface area (Å²) >= 11 is 0. The molecule has 1 aromatic carbocycles. The van der Waals surface area contributed by atoms with Crippen LogP contribution in [-0.2, 0) is 20.0 Å². The summed E-state index contributed by atoms with van der Waals surface area (Å²) in [7, 11) is -7.67. The van der Waals surface area contributed by atoms with Crippen LogP contribution in [0.4, 0.5) is 0 Å². The first-order valence-electron chi connectivity index (χ1n) is 7.73. The van der Waals surface area contributed by atoms with Crippen molar-refractivity contribution in [1.29, 1.82) is 0 Å². The molecule has 0 saturated carbocycles. The Balaban J connectivity index is 1.97. The molecule has 0 spiro atoms. The molecule has 2 aliphatic rings. The molecule has 2 N–H and O–H groups in total. The molecule has 3 rings (SSSR count). The molecular weight excluding hydrogens is 338 g/mol.